The molecule has 0 aromatic carbocycles. The van der Waals surface area contributed by atoms with Crippen molar-refractivity contribution in [1.29, 1.82) is 0 Å². The molecule has 0 aliphatic heterocycles. The molecule has 2 aromatic heterocycles. The van der Waals surface area contributed by atoms with Crippen LogP contribution in [0.15, 0.2) is 12.4 Å². The summed E-state index contributed by atoms with van der Waals surface area (Å²) in [6, 6.07) is 0. The zero-order valence-electron chi connectivity index (χ0n) is 12.3. The molecule has 0 unspecified atom stereocenters. The first-order valence-corrected chi connectivity index (χ1v) is 9.28. The van der Waals surface area contributed by atoms with Crippen LogP contribution >= 0.6 is 11.3 Å². The maximum atomic E-state index is 12.2. The second-order valence-corrected chi connectivity index (χ2v) is 7.95. The van der Waals surface area contributed by atoms with E-state index in [9.17, 15) is 13.2 Å². The summed E-state index contributed by atoms with van der Waals surface area (Å²) < 4.78 is 28.0. The van der Waals surface area contributed by atoms with E-state index in [1.807, 2.05) is 13.8 Å². The minimum Gasteiger partial charge on any atom is -0.294 e. The first kappa shape index (κ1) is 16.0. The molecule has 1 N–H and O–H groups in total. The molecular weight excluding hydrogens is 310 g/mol. The van der Waals surface area contributed by atoms with Gasteiger partial charge in [-0.3, -0.25) is 9.20 Å². The Bertz CT molecular complexity index is 746. The average molecular weight is 329 g/mol. The average Bonchev–Trinajstić information content (AvgIpc) is 2.91. The third-order valence-corrected chi connectivity index (χ3v) is 5.90. The fourth-order valence-corrected chi connectivity index (χ4v) is 4.72. The lowest BCUT2D eigenvalue weighted by molar-refractivity contribution is 0.0984. The molecule has 0 aliphatic rings. The number of hydrogen-bond acceptors (Lipinski definition) is 5. The largest absolute Gasteiger partial charge is 0.294 e. The second kappa shape index (κ2) is 6.15. The van der Waals surface area contributed by atoms with Crippen LogP contribution in [0.5, 0.6) is 0 Å². The molecule has 116 valence electrons. The number of hydrogen-bond donors (Lipinski definition) is 1. The minimum absolute atomic E-state index is 0.0297. The monoisotopic (exact) mass is 329 g/mol. The molecule has 0 fully saturated rings. The topological polar surface area (TPSA) is 80.5 Å². The van der Waals surface area contributed by atoms with Gasteiger partial charge in [0.05, 0.1) is 5.75 Å². The molecule has 21 heavy (non-hydrogen) atoms. The number of aromatic nitrogens is 2. The molecule has 1 amide bonds. The third kappa shape index (κ3) is 3.62. The van der Waals surface area contributed by atoms with Crippen molar-refractivity contribution in [2.45, 2.75) is 33.6 Å². The van der Waals surface area contributed by atoms with Crippen LogP contribution in [0.25, 0.3) is 4.96 Å². The van der Waals surface area contributed by atoms with Crippen LogP contribution in [0.4, 0.5) is 0 Å². The molecule has 0 saturated heterocycles. The number of amides is 1. The van der Waals surface area contributed by atoms with Gasteiger partial charge in [0.2, 0.25) is 10.0 Å². The quantitative estimate of drug-likeness (QED) is 0.881. The number of carbonyl (C=O) groups excluding carboxylic acids is 1. The van der Waals surface area contributed by atoms with Gasteiger partial charge in [-0.25, -0.2) is 18.1 Å². The normalized spacial score (nSPS) is 13.5. The van der Waals surface area contributed by atoms with E-state index in [1.54, 1.807) is 23.7 Å². The molecule has 2 rings (SSSR count). The number of imidazole rings is 1. The summed E-state index contributed by atoms with van der Waals surface area (Å²) in [4.78, 5) is 17.3. The number of sulfonamides is 1. The van der Waals surface area contributed by atoms with E-state index in [4.69, 9.17) is 0 Å². The molecule has 0 radical (unpaired) electrons. The highest BCUT2D eigenvalue weighted by Crippen LogP contribution is 2.21. The number of aryl methyl sites for hydroxylation is 1. The lowest BCUT2D eigenvalue weighted by Crippen LogP contribution is -2.34. The number of rotatable bonds is 6. The van der Waals surface area contributed by atoms with E-state index in [2.05, 4.69) is 9.71 Å². The van der Waals surface area contributed by atoms with Crippen LogP contribution in [0.1, 0.15) is 42.1 Å². The van der Waals surface area contributed by atoms with E-state index < -0.39 is 15.9 Å². The highest BCUT2D eigenvalue weighted by atomic mass is 32.2. The third-order valence-electron chi connectivity index (χ3n) is 3.23. The molecule has 8 heteroatoms. The number of fused-ring (bicyclic) bond motifs is 1. The maximum Gasteiger partial charge on any atom is 0.276 e. The van der Waals surface area contributed by atoms with Crippen molar-refractivity contribution < 1.29 is 13.2 Å². The van der Waals surface area contributed by atoms with Gasteiger partial charge >= 0.3 is 0 Å². The van der Waals surface area contributed by atoms with Gasteiger partial charge in [0.25, 0.3) is 5.91 Å². The predicted octanol–water partition coefficient (Wildman–Crippen LogP) is 2.20. The van der Waals surface area contributed by atoms with Crippen LogP contribution in [0.3, 0.4) is 0 Å². The summed E-state index contributed by atoms with van der Waals surface area (Å²) in [5, 5.41) is 0. The van der Waals surface area contributed by atoms with E-state index >= 15 is 0 Å². The van der Waals surface area contributed by atoms with Crippen LogP contribution in [-0.4, -0.2) is 29.5 Å². The Kier molecular flexibility index (Phi) is 4.67. The van der Waals surface area contributed by atoms with Crippen LogP contribution in [-0.2, 0) is 10.0 Å². The van der Waals surface area contributed by atoms with Crippen molar-refractivity contribution >= 4 is 32.2 Å². The minimum atomic E-state index is -3.61. The summed E-state index contributed by atoms with van der Waals surface area (Å²) >= 11 is 1.18. The number of thiazole rings is 1. The zero-order chi connectivity index (χ0) is 15.6. The lowest BCUT2D eigenvalue weighted by Gasteiger charge is -2.11. The lowest BCUT2D eigenvalue weighted by atomic mass is 10.1. The molecule has 0 aliphatic carbocycles. The van der Waals surface area contributed by atoms with Gasteiger partial charge in [0, 0.05) is 18.1 Å². The SMILES string of the molecule is CCC[C@H](C)CS(=O)(=O)NC(=O)c1sc2nccn2c1C. The van der Waals surface area contributed by atoms with Crippen molar-refractivity contribution in [3.63, 3.8) is 0 Å². The first-order valence-electron chi connectivity index (χ1n) is 6.81. The Labute approximate surface area is 128 Å². The van der Waals surface area contributed by atoms with Crippen molar-refractivity contribution in [1.82, 2.24) is 14.1 Å². The number of nitrogens with one attached hydrogen (secondary N) is 1. The highest BCUT2D eigenvalue weighted by Gasteiger charge is 2.22. The van der Waals surface area contributed by atoms with E-state index in [0.29, 0.717) is 15.5 Å². The van der Waals surface area contributed by atoms with Crippen LogP contribution in [0.2, 0.25) is 0 Å². The highest BCUT2D eigenvalue weighted by molar-refractivity contribution is 7.90. The molecule has 2 heterocycles. The van der Waals surface area contributed by atoms with Crippen molar-refractivity contribution in [3.8, 4) is 0 Å². The molecule has 0 spiro atoms. The van der Waals surface area contributed by atoms with Gasteiger partial charge in [-0.15, -0.1) is 0 Å². The molecule has 6 nitrogen and oxygen atoms in total. The first-order chi connectivity index (χ1) is 9.84. The van der Waals surface area contributed by atoms with Crippen molar-refractivity contribution in [3.05, 3.63) is 23.0 Å². The summed E-state index contributed by atoms with van der Waals surface area (Å²) in [5.41, 5.74) is 0.696. The Morgan fingerprint density at radius 1 is 1.52 bits per heavy atom. The fraction of sp³-hybridized carbons (Fsp3) is 0.538. The smallest absolute Gasteiger partial charge is 0.276 e. The van der Waals surface area contributed by atoms with Gasteiger partial charge in [0.1, 0.15) is 4.88 Å². The summed E-state index contributed by atoms with van der Waals surface area (Å²) in [6.45, 7) is 5.65. The van der Waals surface area contributed by atoms with Crippen molar-refractivity contribution in [2.24, 2.45) is 5.92 Å². The van der Waals surface area contributed by atoms with Gasteiger partial charge in [-0.2, -0.15) is 0 Å². The fourth-order valence-electron chi connectivity index (χ4n) is 2.29. The summed E-state index contributed by atoms with van der Waals surface area (Å²) in [5.74, 6) is -0.581. The van der Waals surface area contributed by atoms with Crippen LogP contribution in [0, 0.1) is 12.8 Å². The van der Waals surface area contributed by atoms with Crippen LogP contribution < -0.4 is 4.72 Å². The Morgan fingerprint density at radius 2 is 2.24 bits per heavy atom. The molecule has 0 bridgehead atoms. The molecule has 1 atom stereocenters. The number of nitrogens with zero attached hydrogens (tertiary/aromatic N) is 2. The van der Waals surface area contributed by atoms with Gasteiger partial charge in [-0.1, -0.05) is 31.6 Å². The molecule has 0 saturated carbocycles. The van der Waals surface area contributed by atoms with Gasteiger partial charge < -0.3 is 0 Å². The Morgan fingerprint density at radius 3 is 2.86 bits per heavy atom. The zero-order valence-corrected chi connectivity index (χ0v) is 13.9. The Hall–Kier alpha value is -1.41. The van der Waals surface area contributed by atoms with E-state index in [1.165, 1.54) is 11.3 Å². The van der Waals surface area contributed by atoms with Gasteiger partial charge in [-0.05, 0) is 19.3 Å². The van der Waals surface area contributed by atoms with E-state index in [-0.39, 0.29) is 11.7 Å². The Balaban J connectivity index is 2.13. The maximum absolute atomic E-state index is 12.2. The van der Waals surface area contributed by atoms with Gasteiger partial charge in [0.15, 0.2) is 4.96 Å². The summed E-state index contributed by atoms with van der Waals surface area (Å²) in [7, 11) is -3.61. The molecule has 2 aromatic rings. The summed E-state index contributed by atoms with van der Waals surface area (Å²) in [6.07, 6.45) is 5.13. The molecular formula is C13H19N3O3S2. The predicted molar refractivity (Wildman–Crippen MR) is 83.1 cm³/mol. The number of carbonyl (C=O) groups is 1. The second-order valence-electron chi connectivity index (χ2n) is 5.20. The van der Waals surface area contributed by atoms with Crippen molar-refractivity contribution in [2.75, 3.05) is 5.75 Å². The standard InChI is InChI=1S/C13H19N3O3S2/c1-4-5-9(2)8-21(18,19)15-12(17)11-10(3)16-7-6-14-13(16)20-11/h6-7,9H,4-5,8H2,1-3H3,(H,15,17)/t9-/m0/s1. The van der Waals surface area contributed by atoms with E-state index in [0.717, 1.165) is 12.8 Å².